The minimum atomic E-state index is -1.32. The standard InChI is InChI=1S/C15H16N2O3/c1-15(2,3)10-4-6-11(7-5-10)17-9-8-12(18)13(16-17)14(19)20/h4-9H,1-3H3,(H,19,20). The van der Waals surface area contributed by atoms with Crippen molar-refractivity contribution in [3.05, 3.63) is 58.0 Å². The Morgan fingerprint density at radius 2 is 1.75 bits per heavy atom. The molecule has 0 fully saturated rings. The van der Waals surface area contributed by atoms with Gasteiger partial charge in [0, 0.05) is 12.3 Å². The number of carbonyl (C=O) groups is 1. The Labute approximate surface area is 116 Å². The van der Waals surface area contributed by atoms with E-state index in [1.165, 1.54) is 22.5 Å². The first-order chi connectivity index (χ1) is 9.29. The summed E-state index contributed by atoms with van der Waals surface area (Å²) in [6, 6.07) is 8.84. The van der Waals surface area contributed by atoms with Crippen molar-refractivity contribution in [2.75, 3.05) is 0 Å². The third kappa shape index (κ3) is 2.77. The molecule has 0 aliphatic rings. The quantitative estimate of drug-likeness (QED) is 0.910. The molecule has 0 atom stereocenters. The average Bonchev–Trinajstić information content (AvgIpc) is 2.38. The lowest BCUT2D eigenvalue weighted by Crippen LogP contribution is -2.20. The summed E-state index contributed by atoms with van der Waals surface area (Å²) in [7, 11) is 0. The van der Waals surface area contributed by atoms with E-state index in [9.17, 15) is 9.59 Å². The Kier molecular flexibility index (Phi) is 3.44. The van der Waals surface area contributed by atoms with E-state index < -0.39 is 17.1 Å². The molecule has 2 aromatic rings. The maximum Gasteiger partial charge on any atom is 0.360 e. The van der Waals surface area contributed by atoms with Crippen molar-refractivity contribution in [2.45, 2.75) is 26.2 Å². The first-order valence-corrected chi connectivity index (χ1v) is 6.23. The number of hydrogen-bond donors (Lipinski definition) is 1. The molecule has 0 saturated carbocycles. The fraction of sp³-hybridized carbons (Fsp3) is 0.267. The zero-order chi connectivity index (χ0) is 14.9. The Hall–Kier alpha value is -2.43. The second-order valence-electron chi connectivity index (χ2n) is 5.58. The van der Waals surface area contributed by atoms with Crippen LogP contribution in [0.2, 0.25) is 0 Å². The van der Waals surface area contributed by atoms with Gasteiger partial charge < -0.3 is 5.11 Å². The summed E-state index contributed by atoms with van der Waals surface area (Å²) in [4.78, 5) is 22.3. The van der Waals surface area contributed by atoms with Crippen LogP contribution in [0, 0.1) is 0 Å². The Morgan fingerprint density at radius 3 is 2.25 bits per heavy atom. The van der Waals surface area contributed by atoms with Gasteiger partial charge in [-0.05, 0) is 23.1 Å². The lowest BCUT2D eigenvalue weighted by molar-refractivity contribution is 0.0687. The summed E-state index contributed by atoms with van der Waals surface area (Å²) in [5.41, 5.74) is 0.843. The minimum Gasteiger partial charge on any atom is -0.476 e. The van der Waals surface area contributed by atoms with Gasteiger partial charge in [0.05, 0.1) is 5.69 Å². The normalized spacial score (nSPS) is 11.3. The van der Waals surface area contributed by atoms with Crippen molar-refractivity contribution in [2.24, 2.45) is 0 Å². The van der Waals surface area contributed by atoms with Crippen LogP contribution < -0.4 is 5.43 Å². The summed E-state index contributed by atoms with van der Waals surface area (Å²) in [6.07, 6.45) is 1.46. The van der Waals surface area contributed by atoms with Gasteiger partial charge in [-0.15, -0.1) is 0 Å². The van der Waals surface area contributed by atoms with Crippen molar-refractivity contribution < 1.29 is 9.90 Å². The van der Waals surface area contributed by atoms with Gasteiger partial charge in [-0.3, -0.25) is 4.79 Å². The number of nitrogens with zero attached hydrogens (tertiary/aromatic N) is 2. The third-order valence-corrected chi connectivity index (χ3v) is 3.01. The number of aromatic nitrogens is 2. The predicted molar refractivity (Wildman–Crippen MR) is 75.5 cm³/mol. The van der Waals surface area contributed by atoms with Crippen LogP contribution in [0.4, 0.5) is 0 Å². The van der Waals surface area contributed by atoms with E-state index in [1.54, 1.807) is 0 Å². The third-order valence-electron chi connectivity index (χ3n) is 3.01. The van der Waals surface area contributed by atoms with Crippen molar-refractivity contribution in [1.82, 2.24) is 9.78 Å². The molecule has 104 valence electrons. The van der Waals surface area contributed by atoms with Crippen molar-refractivity contribution in [1.29, 1.82) is 0 Å². The highest BCUT2D eigenvalue weighted by Crippen LogP contribution is 2.22. The Morgan fingerprint density at radius 1 is 1.15 bits per heavy atom. The van der Waals surface area contributed by atoms with Gasteiger partial charge in [0.25, 0.3) is 0 Å². The minimum absolute atomic E-state index is 0.0434. The molecule has 0 radical (unpaired) electrons. The molecular formula is C15H16N2O3. The summed E-state index contributed by atoms with van der Waals surface area (Å²) in [6.45, 7) is 6.34. The molecule has 0 amide bonds. The summed E-state index contributed by atoms with van der Waals surface area (Å²) in [5.74, 6) is -1.32. The van der Waals surface area contributed by atoms with Crippen LogP contribution in [0.3, 0.4) is 0 Å². The number of aromatic carboxylic acids is 1. The first-order valence-electron chi connectivity index (χ1n) is 6.23. The molecule has 5 nitrogen and oxygen atoms in total. The predicted octanol–water partition coefficient (Wildman–Crippen LogP) is 2.23. The van der Waals surface area contributed by atoms with Crippen LogP contribution in [0.1, 0.15) is 36.8 Å². The van der Waals surface area contributed by atoms with E-state index in [1.807, 2.05) is 24.3 Å². The number of carboxylic acid groups (broad SMARTS) is 1. The van der Waals surface area contributed by atoms with E-state index in [-0.39, 0.29) is 5.41 Å². The summed E-state index contributed by atoms with van der Waals surface area (Å²) >= 11 is 0. The molecule has 1 N–H and O–H groups in total. The summed E-state index contributed by atoms with van der Waals surface area (Å²) in [5, 5.41) is 12.8. The monoisotopic (exact) mass is 272 g/mol. The second-order valence-corrected chi connectivity index (χ2v) is 5.58. The highest BCUT2D eigenvalue weighted by atomic mass is 16.4. The smallest absolute Gasteiger partial charge is 0.360 e. The van der Waals surface area contributed by atoms with Crippen molar-refractivity contribution >= 4 is 5.97 Å². The highest BCUT2D eigenvalue weighted by Gasteiger charge is 2.14. The summed E-state index contributed by atoms with van der Waals surface area (Å²) < 4.78 is 1.39. The fourth-order valence-corrected chi connectivity index (χ4v) is 1.81. The Balaban J connectivity index is 2.45. The molecule has 0 bridgehead atoms. The molecule has 1 aromatic carbocycles. The Bertz CT molecular complexity index is 694. The van der Waals surface area contributed by atoms with E-state index in [0.29, 0.717) is 5.69 Å². The van der Waals surface area contributed by atoms with Crippen LogP contribution in [0.25, 0.3) is 5.69 Å². The average molecular weight is 272 g/mol. The number of rotatable bonds is 2. The fourth-order valence-electron chi connectivity index (χ4n) is 1.81. The van der Waals surface area contributed by atoms with Gasteiger partial charge in [0.1, 0.15) is 0 Å². The number of benzene rings is 1. The molecule has 0 saturated heterocycles. The molecule has 0 spiro atoms. The molecular weight excluding hydrogens is 256 g/mol. The molecule has 1 heterocycles. The first kappa shape index (κ1) is 14.0. The van der Waals surface area contributed by atoms with Crippen LogP contribution in [-0.2, 0) is 5.41 Å². The molecule has 0 aliphatic heterocycles. The molecule has 20 heavy (non-hydrogen) atoms. The van der Waals surface area contributed by atoms with Crippen LogP contribution in [0.15, 0.2) is 41.3 Å². The molecule has 5 heteroatoms. The largest absolute Gasteiger partial charge is 0.476 e. The van der Waals surface area contributed by atoms with E-state index >= 15 is 0 Å². The zero-order valence-electron chi connectivity index (χ0n) is 11.6. The molecule has 0 aliphatic carbocycles. The van der Waals surface area contributed by atoms with Crippen LogP contribution >= 0.6 is 0 Å². The van der Waals surface area contributed by atoms with Crippen LogP contribution in [0.5, 0.6) is 0 Å². The van der Waals surface area contributed by atoms with Gasteiger partial charge in [0.2, 0.25) is 11.1 Å². The van der Waals surface area contributed by atoms with Crippen LogP contribution in [-0.4, -0.2) is 20.9 Å². The lowest BCUT2D eigenvalue weighted by atomic mass is 9.87. The van der Waals surface area contributed by atoms with Gasteiger partial charge >= 0.3 is 5.97 Å². The lowest BCUT2D eigenvalue weighted by Gasteiger charge is -2.19. The van der Waals surface area contributed by atoms with Crippen molar-refractivity contribution in [3.63, 3.8) is 0 Å². The van der Waals surface area contributed by atoms with Gasteiger partial charge in [-0.2, -0.15) is 5.10 Å². The van der Waals surface area contributed by atoms with Gasteiger partial charge in [-0.1, -0.05) is 32.9 Å². The molecule has 0 unspecified atom stereocenters. The van der Waals surface area contributed by atoms with E-state index in [4.69, 9.17) is 5.11 Å². The topological polar surface area (TPSA) is 72.2 Å². The van der Waals surface area contributed by atoms with Gasteiger partial charge in [-0.25, -0.2) is 9.48 Å². The van der Waals surface area contributed by atoms with E-state index in [2.05, 4.69) is 25.9 Å². The molecule has 1 aromatic heterocycles. The zero-order valence-corrected chi connectivity index (χ0v) is 11.6. The van der Waals surface area contributed by atoms with Gasteiger partial charge in [0.15, 0.2) is 0 Å². The molecule has 2 rings (SSSR count). The van der Waals surface area contributed by atoms with E-state index in [0.717, 1.165) is 0 Å². The SMILES string of the molecule is CC(C)(C)c1ccc(-n2ccc(=O)c(C(=O)O)n2)cc1. The van der Waals surface area contributed by atoms with Crippen molar-refractivity contribution in [3.8, 4) is 5.69 Å². The number of carboxylic acids is 1. The second kappa shape index (κ2) is 4.92. The number of hydrogen-bond acceptors (Lipinski definition) is 3. The highest BCUT2D eigenvalue weighted by molar-refractivity contribution is 5.84. The maximum atomic E-state index is 11.4. The maximum absolute atomic E-state index is 11.4.